The fourth-order valence-corrected chi connectivity index (χ4v) is 3.08. The predicted molar refractivity (Wildman–Crippen MR) is 95.4 cm³/mol. The first-order valence-corrected chi connectivity index (χ1v) is 8.40. The van der Waals surface area contributed by atoms with E-state index < -0.39 is 0 Å². The number of hydrogen-bond donors (Lipinski definition) is 2. The number of rotatable bonds is 6. The first kappa shape index (κ1) is 16.5. The lowest BCUT2D eigenvalue weighted by atomic mass is 10.2. The van der Waals surface area contributed by atoms with Crippen LogP contribution in [0.25, 0.3) is 11.2 Å². The minimum absolute atomic E-state index is 0.456. The van der Waals surface area contributed by atoms with Crippen LogP contribution in [0.3, 0.4) is 0 Å². The van der Waals surface area contributed by atoms with Gasteiger partial charge in [-0.15, -0.1) is 0 Å². The first-order chi connectivity index (χ1) is 11.1. The minimum atomic E-state index is 0.456. The van der Waals surface area contributed by atoms with Crippen molar-refractivity contribution in [1.29, 1.82) is 0 Å². The topological polar surface area (TPSA) is 53.6 Å². The van der Waals surface area contributed by atoms with Crippen molar-refractivity contribution in [3.05, 3.63) is 56.9 Å². The summed E-state index contributed by atoms with van der Waals surface area (Å²) in [4.78, 5) is 11.9. The van der Waals surface area contributed by atoms with Crippen LogP contribution < -0.4 is 5.32 Å². The lowest BCUT2D eigenvalue weighted by Crippen LogP contribution is -2.15. The zero-order chi connectivity index (χ0) is 16.2. The van der Waals surface area contributed by atoms with Gasteiger partial charge in [0.25, 0.3) is 0 Å². The van der Waals surface area contributed by atoms with Crippen molar-refractivity contribution in [3.63, 3.8) is 0 Å². The molecular formula is C16H15Cl3N4. The highest BCUT2D eigenvalue weighted by atomic mass is 35.5. The maximum absolute atomic E-state index is 5.98. The highest BCUT2D eigenvalue weighted by Crippen LogP contribution is 2.19. The Balaban J connectivity index is 1.47. The molecule has 3 aromatic rings. The van der Waals surface area contributed by atoms with Crippen molar-refractivity contribution >= 4 is 46.0 Å². The van der Waals surface area contributed by atoms with Crippen LogP contribution in [0.5, 0.6) is 0 Å². The number of aromatic nitrogens is 3. The summed E-state index contributed by atoms with van der Waals surface area (Å²) in [5.41, 5.74) is 2.64. The second-order valence-electron chi connectivity index (χ2n) is 5.25. The van der Waals surface area contributed by atoms with Crippen LogP contribution in [0.2, 0.25) is 15.2 Å². The normalized spacial score (nSPS) is 11.3. The third-order valence-corrected chi connectivity index (χ3v) is 4.03. The fraction of sp³-hybridized carbons (Fsp3) is 0.250. The van der Waals surface area contributed by atoms with E-state index in [1.165, 1.54) is 0 Å². The second kappa shape index (κ2) is 7.49. The van der Waals surface area contributed by atoms with Crippen LogP contribution in [0.4, 0.5) is 0 Å². The third-order valence-electron chi connectivity index (χ3n) is 3.38. The van der Waals surface area contributed by atoms with E-state index in [0.29, 0.717) is 20.8 Å². The Bertz CT molecular complexity index is 796. The molecule has 2 heterocycles. The lowest BCUT2D eigenvalue weighted by Gasteiger charge is -2.05. The number of H-pyrrole nitrogens is 1. The summed E-state index contributed by atoms with van der Waals surface area (Å²) in [5, 5.41) is 5.14. The molecule has 3 rings (SSSR count). The van der Waals surface area contributed by atoms with E-state index >= 15 is 0 Å². The van der Waals surface area contributed by atoms with Crippen LogP contribution in [0.15, 0.2) is 30.3 Å². The summed E-state index contributed by atoms with van der Waals surface area (Å²) in [6.07, 6.45) is 1.80. The van der Waals surface area contributed by atoms with Gasteiger partial charge in [-0.05, 0) is 48.9 Å². The molecule has 2 N–H and O–H groups in total. The molecule has 0 aliphatic rings. The van der Waals surface area contributed by atoms with Gasteiger partial charge in [-0.1, -0.05) is 34.8 Å². The van der Waals surface area contributed by atoms with Crippen LogP contribution in [0.1, 0.15) is 17.8 Å². The van der Waals surface area contributed by atoms with E-state index in [2.05, 4.69) is 20.3 Å². The molecule has 0 aliphatic carbocycles. The molecule has 120 valence electrons. The predicted octanol–water partition coefficient (Wildman–Crippen LogP) is 4.64. The smallest absolute Gasteiger partial charge is 0.179 e. The summed E-state index contributed by atoms with van der Waals surface area (Å²) in [6, 6.07) is 9.20. The Labute approximate surface area is 149 Å². The number of imidazole rings is 1. The molecule has 0 amide bonds. The third kappa shape index (κ3) is 4.58. The number of halogens is 3. The molecule has 0 radical (unpaired) electrons. The van der Waals surface area contributed by atoms with Gasteiger partial charge in [0, 0.05) is 23.0 Å². The fourth-order valence-electron chi connectivity index (χ4n) is 2.36. The molecule has 7 heteroatoms. The molecule has 0 spiro atoms. The first-order valence-electron chi connectivity index (χ1n) is 7.27. The highest BCUT2D eigenvalue weighted by Gasteiger charge is 2.04. The van der Waals surface area contributed by atoms with E-state index in [-0.39, 0.29) is 0 Å². The van der Waals surface area contributed by atoms with Gasteiger partial charge >= 0.3 is 0 Å². The monoisotopic (exact) mass is 368 g/mol. The van der Waals surface area contributed by atoms with Gasteiger partial charge < -0.3 is 10.3 Å². The van der Waals surface area contributed by atoms with Gasteiger partial charge in [-0.25, -0.2) is 9.97 Å². The van der Waals surface area contributed by atoms with E-state index in [1.807, 2.05) is 18.2 Å². The summed E-state index contributed by atoms with van der Waals surface area (Å²) < 4.78 is 0. The van der Waals surface area contributed by atoms with Gasteiger partial charge in [0.05, 0.1) is 5.52 Å². The van der Waals surface area contributed by atoms with E-state index in [1.54, 1.807) is 12.1 Å². The molecular weight excluding hydrogens is 355 g/mol. The number of nitrogens with one attached hydrogen (secondary N) is 2. The highest BCUT2D eigenvalue weighted by molar-refractivity contribution is 6.34. The van der Waals surface area contributed by atoms with Crippen molar-refractivity contribution in [3.8, 4) is 0 Å². The number of fused-ring (bicyclic) bond motifs is 1. The second-order valence-corrected chi connectivity index (χ2v) is 6.51. The molecule has 0 unspecified atom stereocenters. The average molecular weight is 370 g/mol. The molecule has 23 heavy (non-hydrogen) atoms. The molecule has 2 aromatic heterocycles. The zero-order valence-corrected chi connectivity index (χ0v) is 14.5. The van der Waals surface area contributed by atoms with Crippen LogP contribution in [-0.4, -0.2) is 21.5 Å². The summed E-state index contributed by atoms with van der Waals surface area (Å²) in [7, 11) is 0. The van der Waals surface area contributed by atoms with E-state index in [0.717, 1.165) is 42.8 Å². The average Bonchev–Trinajstić information content (AvgIpc) is 2.87. The van der Waals surface area contributed by atoms with Gasteiger partial charge in [-0.3, -0.25) is 0 Å². The van der Waals surface area contributed by atoms with Gasteiger partial charge in [-0.2, -0.15) is 0 Å². The molecule has 0 saturated heterocycles. The summed E-state index contributed by atoms with van der Waals surface area (Å²) in [6.45, 7) is 1.60. The van der Waals surface area contributed by atoms with Gasteiger partial charge in [0.1, 0.15) is 11.0 Å². The standard InChI is InChI=1S/C16H15Cl3N4/c17-11-6-10(7-12(18)8-11)9-20-5-1-2-15-21-13-3-4-14(19)22-16(13)23-15/h3-4,6-8,20H,1-2,5,9H2,(H,21,22,23). The zero-order valence-electron chi connectivity index (χ0n) is 12.2. The van der Waals surface area contributed by atoms with Crippen molar-refractivity contribution < 1.29 is 0 Å². The van der Waals surface area contributed by atoms with Crippen LogP contribution in [0, 0.1) is 0 Å². The molecule has 4 nitrogen and oxygen atoms in total. The van der Waals surface area contributed by atoms with Crippen LogP contribution >= 0.6 is 34.8 Å². The van der Waals surface area contributed by atoms with Crippen molar-refractivity contribution in [2.24, 2.45) is 0 Å². The van der Waals surface area contributed by atoms with Crippen molar-refractivity contribution in [2.45, 2.75) is 19.4 Å². The summed E-state index contributed by atoms with van der Waals surface area (Å²) >= 11 is 17.8. The maximum Gasteiger partial charge on any atom is 0.179 e. The van der Waals surface area contributed by atoms with E-state index in [4.69, 9.17) is 34.8 Å². The van der Waals surface area contributed by atoms with Gasteiger partial charge in [0.2, 0.25) is 0 Å². The summed E-state index contributed by atoms with van der Waals surface area (Å²) in [5.74, 6) is 0.919. The Kier molecular flexibility index (Phi) is 5.38. The number of aromatic amines is 1. The Hall–Kier alpha value is -1.33. The number of pyridine rings is 1. The Morgan fingerprint density at radius 1 is 1.00 bits per heavy atom. The van der Waals surface area contributed by atoms with Crippen molar-refractivity contribution in [1.82, 2.24) is 20.3 Å². The lowest BCUT2D eigenvalue weighted by molar-refractivity contribution is 0.641. The Morgan fingerprint density at radius 3 is 2.57 bits per heavy atom. The van der Waals surface area contributed by atoms with Crippen LogP contribution in [-0.2, 0) is 13.0 Å². The maximum atomic E-state index is 5.98. The van der Waals surface area contributed by atoms with E-state index in [9.17, 15) is 0 Å². The molecule has 0 aliphatic heterocycles. The number of hydrogen-bond acceptors (Lipinski definition) is 3. The quantitative estimate of drug-likeness (QED) is 0.491. The molecule has 0 bridgehead atoms. The molecule has 0 saturated carbocycles. The molecule has 1 aromatic carbocycles. The SMILES string of the molecule is Clc1cc(Cl)cc(CNCCCc2nc3nc(Cl)ccc3[nH]2)c1. The van der Waals surface area contributed by atoms with Gasteiger partial charge in [0.15, 0.2) is 5.65 Å². The largest absolute Gasteiger partial charge is 0.341 e. The molecule has 0 atom stereocenters. The number of aryl methyl sites for hydroxylation is 1. The number of benzene rings is 1. The minimum Gasteiger partial charge on any atom is -0.341 e. The van der Waals surface area contributed by atoms with Crippen molar-refractivity contribution in [2.75, 3.05) is 6.54 Å². The molecule has 0 fully saturated rings. The number of nitrogens with zero attached hydrogens (tertiary/aromatic N) is 2. The Morgan fingerprint density at radius 2 is 1.78 bits per heavy atom.